The molecule has 0 bridgehead atoms. The molecule has 0 radical (unpaired) electrons. The second kappa shape index (κ2) is 12.2. The summed E-state index contributed by atoms with van der Waals surface area (Å²) in [5.74, 6) is -0.0386. The van der Waals surface area contributed by atoms with Crippen LogP contribution in [-0.4, -0.2) is 60.5 Å². The molecular weight excluding hydrogens is 499 g/mol. The van der Waals surface area contributed by atoms with Crippen molar-refractivity contribution in [3.8, 4) is 11.5 Å². The molecule has 8 heteroatoms. The molecule has 7 nitrogen and oxygen atoms in total. The van der Waals surface area contributed by atoms with Crippen LogP contribution in [0.15, 0.2) is 24.3 Å². The highest BCUT2D eigenvalue weighted by Gasteiger charge is 2.39. The summed E-state index contributed by atoms with van der Waals surface area (Å²) in [5, 5.41) is 10.1. The van der Waals surface area contributed by atoms with Gasteiger partial charge in [-0.2, -0.15) is 0 Å². The van der Waals surface area contributed by atoms with Gasteiger partial charge in [0.05, 0.1) is 19.8 Å². The van der Waals surface area contributed by atoms with Gasteiger partial charge in [0.15, 0.2) is 0 Å². The van der Waals surface area contributed by atoms with E-state index in [-0.39, 0.29) is 11.5 Å². The summed E-state index contributed by atoms with van der Waals surface area (Å²) < 4.78 is 32.0. The number of carboxylic acids is 1. The average molecular weight is 541 g/mol. The maximum Gasteiger partial charge on any atom is 0.325 e. The number of ether oxygens (including phenoxy) is 3. The summed E-state index contributed by atoms with van der Waals surface area (Å²) in [7, 11) is 1.73. The first-order valence-corrected chi connectivity index (χ1v) is 14.4. The highest BCUT2D eigenvalue weighted by Crippen LogP contribution is 2.45. The molecule has 212 valence electrons. The van der Waals surface area contributed by atoms with E-state index in [1.807, 2.05) is 4.90 Å². The number of unbranched alkanes of at least 4 members (excludes halogenated alkanes) is 1. The number of aromatic nitrogens is 1. The van der Waals surface area contributed by atoms with Gasteiger partial charge in [-0.05, 0) is 82.4 Å². The molecule has 2 aliphatic carbocycles. The van der Waals surface area contributed by atoms with E-state index in [0.29, 0.717) is 37.6 Å². The number of benzene rings is 1. The van der Waals surface area contributed by atoms with Crippen LogP contribution in [0.25, 0.3) is 0 Å². The first-order chi connectivity index (χ1) is 18.8. The molecule has 1 N–H and O–H groups in total. The molecular formula is C31H41FN2O5. The summed E-state index contributed by atoms with van der Waals surface area (Å²) in [4.78, 5) is 19.1. The van der Waals surface area contributed by atoms with Crippen LogP contribution in [0.3, 0.4) is 0 Å². The summed E-state index contributed by atoms with van der Waals surface area (Å²) in [6.07, 6.45) is 10.1. The fraction of sp³-hybridized carbons (Fsp3) is 0.613. The Kier molecular flexibility index (Phi) is 8.72. The minimum absolute atomic E-state index is 0.0443. The van der Waals surface area contributed by atoms with E-state index < -0.39 is 17.8 Å². The van der Waals surface area contributed by atoms with Gasteiger partial charge < -0.3 is 19.3 Å². The Morgan fingerprint density at radius 3 is 2.79 bits per heavy atom. The third-order valence-electron chi connectivity index (χ3n) is 8.43. The lowest BCUT2D eigenvalue weighted by atomic mass is 9.94. The van der Waals surface area contributed by atoms with Crippen molar-refractivity contribution < 1.29 is 28.5 Å². The van der Waals surface area contributed by atoms with Crippen molar-refractivity contribution >= 4 is 5.97 Å². The number of fused-ring (bicyclic) bond motifs is 1. The standard InChI is InChI=1S/C31H41FN2O5/c1-31(13-14-31)20-39-27-11-10-21(32)17-25(27)29(30(35)36)34-15-12-23(19-34)38-16-6-5-7-22-18-28(37-2)24-8-3-4-9-26(24)33-22/h10-11,17-18,23,29H,3-9,12-16,19-20H2,1-2H3,(H,35,36)/t23-,29?/m1/s1. The number of likely N-dealkylation sites (tertiary alicyclic amines) is 1. The van der Waals surface area contributed by atoms with Gasteiger partial charge in [-0.1, -0.05) is 6.92 Å². The molecule has 3 aliphatic rings. The maximum atomic E-state index is 14.2. The van der Waals surface area contributed by atoms with E-state index in [4.69, 9.17) is 19.2 Å². The minimum Gasteiger partial charge on any atom is -0.496 e. The molecule has 1 saturated carbocycles. The number of halogens is 1. The molecule has 2 heterocycles. The van der Waals surface area contributed by atoms with Crippen LogP contribution in [-0.2, 0) is 28.8 Å². The van der Waals surface area contributed by atoms with E-state index >= 15 is 0 Å². The van der Waals surface area contributed by atoms with Crippen LogP contribution < -0.4 is 9.47 Å². The van der Waals surface area contributed by atoms with Gasteiger partial charge in [0.2, 0.25) is 0 Å². The molecule has 1 aliphatic heterocycles. The first-order valence-electron chi connectivity index (χ1n) is 14.4. The SMILES string of the molecule is COc1cc(CCCCO[C@@H]2CCN(C(C(=O)O)c3cc(F)ccc3OCC3(C)CC3)C2)nc2c1CCCC2. The van der Waals surface area contributed by atoms with E-state index in [2.05, 4.69) is 13.0 Å². The second-order valence-electron chi connectivity index (χ2n) is 11.7. The minimum atomic E-state index is -1.00. The fourth-order valence-electron chi connectivity index (χ4n) is 5.78. The van der Waals surface area contributed by atoms with Crippen LogP contribution in [0.5, 0.6) is 11.5 Å². The fourth-order valence-corrected chi connectivity index (χ4v) is 5.78. The number of nitrogens with zero attached hydrogens (tertiary/aromatic N) is 2. The lowest BCUT2D eigenvalue weighted by Gasteiger charge is -2.26. The number of hydrogen-bond donors (Lipinski definition) is 1. The maximum absolute atomic E-state index is 14.2. The highest BCUT2D eigenvalue weighted by molar-refractivity contribution is 5.77. The largest absolute Gasteiger partial charge is 0.496 e. The smallest absolute Gasteiger partial charge is 0.325 e. The topological polar surface area (TPSA) is 81.1 Å². The van der Waals surface area contributed by atoms with Gasteiger partial charge in [-0.3, -0.25) is 14.7 Å². The van der Waals surface area contributed by atoms with Crippen molar-refractivity contribution in [2.24, 2.45) is 5.41 Å². The second-order valence-corrected chi connectivity index (χ2v) is 11.7. The molecule has 39 heavy (non-hydrogen) atoms. The first kappa shape index (κ1) is 27.8. The molecule has 1 aromatic heterocycles. The van der Waals surface area contributed by atoms with Crippen molar-refractivity contribution in [2.75, 3.05) is 33.4 Å². The van der Waals surface area contributed by atoms with Crippen LogP contribution in [0, 0.1) is 11.2 Å². The summed E-state index contributed by atoms with van der Waals surface area (Å²) in [5.41, 5.74) is 4.06. The van der Waals surface area contributed by atoms with Crippen LogP contribution in [0.4, 0.5) is 4.39 Å². The highest BCUT2D eigenvalue weighted by atomic mass is 19.1. The number of rotatable bonds is 13. The van der Waals surface area contributed by atoms with Gasteiger partial charge in [0.1, 0.15) is 23.4 Å². The van der Waals surface area contributed by atoms with Gasteiger partial charge in [-0.15, -0.1) is 0 Å². The third-order valence-corrected chi connectivity index (χ3v) is 8.43. The molecule has 0 amide bonds. The van der Waals surface area contributed by atoms with Gasteiger partial charge in [0.25, 0.3) is 0 Å². The number of pyridine rings is 1. The predicted molar refractivity (Wildman–Crippen MR) is 146 cm³/mol. The Hall–Kier alpha value is -2.71. The quantitative estimate of drug-likeness (QED) is 0.335. The summed E-state index contributed by atoms with van der Waals surface area (Å²) >= 11 is 0. The zero-order chi connectivity index (χ0) is 27.4. The number of carbonyl (C=O) groups is 1. The van der Waals surface area contributed by atoms with Crippen molar-refractivity contribution in [1.82, 2.24) is 9.88 Å². The Bertz CT molecular complexity index is 1150. The Morgan fingerprint density at radius 2 is 2.03 bits per heavy atom. The summed E-state index contributed by atoms with van der Waals surface area (Å²) in [6, 6.07) is 5.31. The van der Waals surface area contributed by atoms with E-state index in [0.717, 1.165) is 62.8 Å². The third kappa shape index (κ3) is 6.90. The van der Waals surface area contributed by atoms with Gasteiger partial charge >= 0.3 is 5.97 Å². The zero-order valence-corrected chi connectivity index (χ0v) is 23.2. The number of carboxylic acid groups (broad SMARTS) is 1. The van der Waals surface area contributed by atoms with Crippen molar-refractivity contribution in [1.29, 1.82) is 0 Å². The Balaban J connectivity index is 1.12. The van der Waals surface area contributed by atoms with E-state index in [1.165, 1.54) is 36.2 Å². The van der Waals surface area contributed by atoms with Crippen LogP contribution in [0.1, 0.15) is 80.4 Å². The predicted octanol–water partition coefficient (Wildman–Crippen LogP) is 5.53. The molecule has 0 spiro atoms. The van der Waals surface area contributed by atoms with Crippen molar-refractivity contribution in [3.63, 3.8) is 0 Å². The van der Waals surface area contributed by atoms with Crippen molar-refractivity contribution in [2.45, 2.75) is 83.3 Å². The molecule has 1 aromatic carbocycles. The monoisotopic (exact) mass is 540 g/mol. The summed E-state index contributed by atoms with van der Waals surface area (Å²) in [6.45, 7) is 4.35. The Morgan fingerprint density at radius 1 is 1.21 bits per heavy atom. The normalized spacial score (nSPS) is 20.8. The van der Waals surface area contributed by atoms with Gasteiger partial charge in [-0.25, -0.2) is 4.39 Å². The van der Waals surface area contributed by atoms with Crippen LogP contribution >= 0.6 is 0 Å². The van der Waals surface area contributed by atoms with Crippen LogP contribution in [0.2, 0.25) is 0 Å². The lowest BCUT2D eigenvalue weighted by molar-refractivity contribution is -0.143. The molecule has 2 atom stereocenters. The number of aliphatic carboxylic acids is 1. The molecule has 1 unspecified atom stereocenters. The average Bonchev–Trinajstić information content (AvgIpc) is 3.49. The lowest BCUT2D eigenvalue weighted by Crippen LogP contribution is -2.34. The van der Waals surface area contributed by atoms with Crippen molar-refractivity contribution in [3.05, 3.63) is 52.6 Å². The molecule has 2 fully saturated rings. The zero-order valence-electron chi connectivity index (χ0n) is 23.2. The Labute approximate surface area is 230 Å². The molecule has 1 saturated heterocycles. The number of aryl methyl sites for hydroxylation is 2. The number of hydrogen-bond acceptors (Lipinski definition) is 6. The number of methoxy groups -OCH3 is 1. The van der Waals surface area contributed by atoms with E-state index in [1.54, 1.807) is 13.2 Å². The van der Waals surface area contributed by atoms with E-state index in [9.17, 15) is 14.3 Å². The molecule has 5 rings (SSSR count). The molecule has 2 aromatic rings. The van der Waals surface area contributed by atoms with Gasteiger partial charge in [0, 0.05) is 53.7 Å².